The second kappa shape index (κ2) is 8.30. The Morgan fingerprint density at radius 2 is 1.65 bits per heavy atom. The van der Waals surface area contributed by atoms with E-state index in [2.05, 4.69) is 30.7 Å². The highest BCUT2D eigenvalue weighted by Gasteiger charge is 2.29. The first-order chi connectivity index (χ1) is 10.7. The second-order valence-electron chi connectivity index (χ2n) is 8.32. The lowest BCUT2D eigenvalue weighted by Gasteiger charge is -2.42. The van der Waals surface area contributed by atoms with Gasteiger partial charge in [-0.2, -0.15) is 0 Å². The van der Waals surface area contributed by atoms with E-state index in [0.717, 1.165) is 18.5 Å². The van der Waals surface area contributed by atoms with Crippen LogP contribution in [0.15, 0.2) is 0 Å². The number of piperidine rings is 1. The zero-order valence-corrected chi connectivity index (χ0v) is 16.3. The van der Waals surface area contributed by atoms with Gasteiger partial charge in [0.2, 0.25) is 0 Å². The van der Waals surface area contributed by atoms with Gasteiger partial charge >= 0.3 is 0 Å². The lowest BCUT2D eigenvalue weighted by Crippen LogP contribution is -2.48. The summed E-state index contributed by atoms with van der Waals surface area (Å²) in [6, 6.07) is 1.44. The fourth-order valence-corrected chi connectivity index (χ4v) is 5.65. The monoisotopic (exact) mass is 344 g/mol. The molecule has 2 fully saturated rings. The van der Waals surface area contributed by atoms with E-state index >= 15 is 0 Å². The van der Waals surface area contributed by atoms with Gasteiger partial charge in [-0.05, 0) is 70.5 Å². The predicted octanol–water partition coefficient (Wildman–Crippen LogP) is 2.64. The molecule has 0 aromatic rings. The third-order valence-corrected chi connectivity index (χ3v) is 6.99. The van der Waals surface area contributed by atoms with Gasteiger partial charge in [0, 0.05) is 24.9 Å². The van der Waals surface area contributed by atoms with Gasteiger partial charge in [-0.15, -0.1) is 0 Å². The van der Waals surface area contributed by atoms with Gasteiger partial charge in [-0.3, -0.25) is 0 Å². The Hall–Kier alpha value is -0.130. The lowest BCUT2D eigenvalue weighted by atomic mass is 9.85. The molecule has 1 aliphatic carbocycles. The Bertz CT molecular complexity index is 450. The molecule has 1 saturated carbocycles. The molecule has 0 N–H and O–H groups in total. The van der Waals surface area contributed by atoms with Crippen LogP contribution in [0, 0.1) is 11.8 Å². The summed E-state index contributed by atoms with van der Waals surface area (Å²) in [6.07, 6.45) is 9.36. The van der Waals surface area contributed by atoms with Crippen LogP contribution in [0.1, 0.15) is 52.4 Å². The normalized spacial score (nSPS) is 29.8. The number of hydrogen-bond donors (Lipinski definition) is 0. The van der Waals surface area contributed by atoms with Crippen molar-refractivity contribution in [3.8, 4) is 0 Å². The third kappa shape index (κ3) is 6.35. The van der Waals surface area contributed by atoms with Crippen LogP contribution in [-0.4, -0.2) is 69.0 Å². The third-order valence-electron chi connectivity index (χ3n) is 5.81. The van der Waals surface area contributed by atoms with Crippen molar-refractivity contribution >= 4 is 9.84 Å². The maximum absolute atomic E-state index is 11.4. The molecule has 23 heavy (non-hydrogen) atoms. The SMILES string of the molecule is CC1CCC(N2CCC(N(C)CC(C)CS(C)(=O)=O)CC2)CC1. The molecule has 1 atom stereocenters. The zero-order chi connectivity index (χ0) is 17.0. The Labute approximate surface area is 143 Å². The van der Waals surface area contributed by atoms with Crippen molar-refractivity contribution < 1.29 is 8.42 Å². The van der Waals surface area contributed by atoms with Crippen molar-refractivity contribution in [3.05, 3.63) is 0 Å². The summed E-state index contributed by atoms with van der Waals surface area (Å²) >= 11 is 0. The molecule has 136 valence electrons. The standard InChI is InChI=1S/C18H36N2O2S/c1-15-5-7-18(8-6-15)20-11-9-17(10-12-20)19(3)13-16(2)14-23(4,21)22/h15-18H,5-14H2,1-4H3. The highest BCUT2D eigenvalue weighted by molar-refractivity contribution is 7.90. The summed E-state index contributed by atoms with van der Waals surface area (Å²) in [5.74, 6) is 1.44. The largest absolute Gasteiger partial charge is 0.303 e. The molecule has 0 amide bonds. The van der Waals surface area contributed by atoms with Crippen molar-refractivity contribution in [1.29, 1.82) is 0 Å². The van der Waals surface area contributed by atoms with E-state index in [-0.39, 0.29) is 5.92 Å². The average Bonchev–Trinajstić information content (AvgIpc) is 2.46. The molecule has 0 radical (unpaired) electrons. The van der Waals surface area contributed by atoms with Crippen LogP contribution in [-0.2, 0) is 9.84 Å². The Morgan fingerprint density at radius 3 is 2.17 bits per heavy atom. The zero-order valence-electron chi connectivity index (χ0n) is 15.5. The van der Waals surface area contributed by atoms with Crippen molar-refractivity contribution in [2.75, 3.05) is 38.7 Å². The van der Waals surface area contributed by atoms with Crippen LogP contribution in [0.4, 0.5) is 0 Å². The molecule has 4 nitrogen and oxygen atoms in total. The first-order valence-corrected chi connectivity index (χ1v) is 11.4. The highest BCUT2D eigenvalue weighted by atomic mass is 32.2. The second-order valence-corrected chi connectivity index (χ2v) is 10.5. The van der Waals surface area contributed by atoms with Gasteiger partial charge in [-0.1, -0.05) is 13.8 Å². The molecule has 1 aliphatic heterocycles. The van der Waals surface area contributed by atoms with E-state index in [1.807, 2.05) is 0 Å². The number of likely N-dealkylation sites (tertiary alicyclic amines) is 1. The summed E-state index contributed by atoms with van der Waals surface area (Å²) in [5, 5.41) is 0. The first-order valence-electron chi connectivity index (χ1n) is 9.36. The van der Waals surface area contributed by atoms with E-state index in [9.17, 15) is 8.42 Å². The van der Waals surface area contributed by atoms with Gasteiger partial charge in [0.25, 0.3) is 0 Å². The van der Waals surface area contributed by atoms with E-state index in [0.29, 0.717) is 11.8 Å². The van der Waals surface area contributed by atoms with Crippen molar-refractivity contribution in [2.24, 2.45) is 11.8 Å². The minimum absolute atomic E-state index is 0.216. The van der Waals surface area contributed by atoms with E-state index in [1.54, 1.807) is 0 Å². The molecule has 1 saturated heterocycles. The number of sulfone groups is 1. The van der Waals surface area contributed by atoms with Crippen molar-refractivity contribution in [2.45, 2.75) is 64.5 Å². The molecular weight excluding hydrogens is 308 g/mol. The lowest BCUT2D eigenvalue weighted by molar-refractivity contribution is 0.0710. The Balaban J connectivity index is 1.73. The minimum atomic E-state index is -2.86. The van der Waals surface area contributed by atoms with Crippen LogP contribution in [0.5, 0.6) is 0 Å². The number of nitrogens with zero attached hydrogens (tertiary/aromatic N) is 2. The van der Waals surface area contributed by atoms with Crippen LogP contribution in [0.3, 0.4) is 0 Å². The number of rotatable bonds is 6. The fourth-order valence-electron chi connectivity index (χ4n) is 4.51. The summed E-state index contributed by atoms with van der Waals surface area (Å²) in [4.78, 5) is 5.12. The summed E-state index contributed by atoms with van der Waals surface area (Å²) in [5.41, 5.74) is 0. The smallest absolute Gasteiger partial charge is 0.147 e. The Kier molecular flexibility index (Phi) is 6.93. The van der Waals surface area contributed by atoms with Gasteiger partial charge in [0.15, 0.2) is 0 Å². The topological polar surface area (TPSA) is 40.6 Å². The molecule has 5 heteroatoms. The highest BCUT2D eigenvalue weighted by Crippen LogP contribution is 2.29. The molecular formula is C18H36N2O2S. The molecule has 1 unspecified atom stereocenters. The van der Waals surface area contributed by atoms with Crippen LogP contribution < -0.4 is 0 Å². The maximum Gasteiger partial charge on any atom is 0.147 e. The molecule has 0 bridgehead atoms. The predicted molar refractivity (Wildman–Crippen MR) is 97.5 cm³/mol. The van der Waals surface area contributed by atoms with Gasteiger partial charge < -0.3 is 9.80 Å². The van der Waals surface area contributed by atoms with Gasteiger partial charge in [0.05, 0.1) is 5.75 Å². The molecule has 0 spiro atoms. The molecule has 0 aromatic carbocycles. The summed E-state index contributed by atoms with van der Waals surface area (Å²) in [7, 11) is -0.694. The van der Waals surface area contributed by atoms with Gasteiger partial charge in [-0.25, -0.2) is 8.42 Å². The maximum atomic E-state index is 11.4. The van der Waals surface area contributed by atoms with E-state index < -0.39 is 9.84 Å². The number of hydrogen-bond acceptors (Lipinski definition) is 4. The first kappa shape index (κ1) is 19.2. The molecule has 1 heterocycles. The fraction of sp³-hybridized carbons (Fsp3) is 1.00. The van der Waals surface area contributed by atoms with E-state index in [1.165, 1.54) is 57.9 Å². The molecule has 0 aromatic heterocycles. The quantitative estimate of drug-likeness (QED) is 0.743. The van der Waals surface area contributed by atoms with Gasteiger partial charge in [0.1, 0.15) is 9.84 Å². The van der Waals surface area contributed by atoms with Crippen LogP contribution >= 0.6 is 0 Å². The average molecular weight is 345 g/mol. The summed E-state index contributed by atoms with van der Waals surface area (Å²) < 4.78 is 22.8. The molecule has 2 aliphatic rings. The molecule has 2 rings (SSSR count). The van der Waals surface area contributed by atoms with Crippen LogP contribution in [0.2, 0.25) is 0 Å². The summed E-state index contributed by atoms with van der Waals surface area (Å²) in [6.45, 7) is 7.76. The van der Waals surface area contributed by atoms with Crippen molar-refractivity contribution in [1.82, 2.24) is 9.80 Å². The van der Waals surface area contributed by atoms with Crippen LogP contribution in [0.25, 0.3) is 0 Å². The minimum Gasteiger partial charge on any atom is -0.303 e. The van der Waals surface area contributed by atoms with E-state index in [4.69, 9.17) is 0 Å². The Morgan fingerprint density at radius 1 is 1.09 bits per heavy atom. The van der Waals surface area contributed by atoms with Crippen molar-refractivity contribution in [3.63, 3.8) is 0 Å².